The monoisotopic (exact) mass is 250 g/mol. The van der Waals surface area contributed by atoms with Crippen LogP contribution < -0.4 is 5.32 Å². The molecule has 1 rings (SSSR count). The minimum Gasteiger partial charge on any atom is -0.349 e. The van der Waals surface area contributed by atoms with Gasteiger partial charge in [-0.05, 0) is 12.8 Å². The van der Waals surface area contributed by atoms with Crippen LogP contribution in [0.15, 0.2) is 24.0 Å². The molecule has 6 nitrogen and oxygen atoms in total. The Balaban J connectivity index is 2.42. The molecule has 1 N–H and O–H groups in total. The number of hydrogen-bond acceptors (Lipinski definition) is 3. The van der Waals surface area contributed by atoms with Crippen LogP contribution in [0, 0.1) is 0 Å². The fourth-order valence-corrected chi connectivity index (χ4v) is 1.60. The Morgan fingerprint density at radius 1 is 1.67 bits per heavy atom. The molecule has 0 aliphatic rings. The lowest BCUT2D eigenvalue weighted by atomic mass is 10.3. The van der Waals surface area contributed by atoms with Gasteiger partial charge in [0.15, 0.2) is 5.96 Å². The van der Waals surface area contributed by atoms with E-state index in [1.807, 2.05) is 20.2 Å². The van der Waals surface area contributed by atoms with Crippen molar-refractivity contribution in [2.75, 3.05) is 20.6 Å². The van der Waals surface area contributed by atoms with Crippen LogP contribution in [0.4, 0.5) is 0 Å². The lowest BCUT2D eigenvalue weighted by molar-refractivity contribution is 0.467. The fourth-order valence-electron chi connectivity index (χ4n) is 1.60. The van der Waals surface area contributed by atoms with Gasteiger partial charge in [-0.15, -0.1) is 6.58 Å². The van der Waals surface area contributed by atoms with Gasteiger partial charge in [0.25, 0.3) is 0 Å². The summed E-state index contributed by atoms with van der Waals surface area (Å²) in [6, 6.07) is 0. The van der Waals surface area contributed by atoms with E-state index < -0.39 is 0 Å². The van der Waals surface area contributed by atoms with Gasteiger partial charge >= 0.3 is 0 Å². The summed E-state index contributed by atoms with van der Waals surface area (Å²) < 4.78 is 1.75. The number of nitrogens with zero attached hydrogens (tertiary/aromatic N) is 5. The summed E-state index contributed by atoms with van der Waals surface area (Å²) in [7, 11) is 5.68. The zero-order valence-electron chi connectivity index (χ0n) is 11.4. The molecule has 1 heterocycles. The van der Waals surface area contributed by atoms with Crippen LogP contribution in [0.2, 0.25) is 0 Å². The van der Waals surface area contributed by atoms with Gasteiger partial charge in [0.05, 0.1) is 6.54 Å². The molecular formula is C12H22N6. The third-order valence-electron chi connectivity index (χ3n) is 2.68. The van der Waals surface area contributed by atoms with Crippen LogP contribution in [0.25, 0.3) is 0 Å². The highest BCUT2D eigenvalue weighted by molar-refractivity contribution is 5.79. The summed E-state index contributed by atoms with van der Waals surface area (Å²) in [6.07, 6.45) is 5.58. The number of aromatic nitrogens is 3. The second-order valence-electron chi connectivity index (χ2n) is 4.05. The van der Waals surface area contributed by atoms with Crippen molar-refractivity contribution in [3.05, 3.63) is 24.8 Å². The maximum absolute atomic E-state index is 4.24. The van der Waals surface area contributed by atoms with E-state index in [9.17, 15) is 0 Å². The van der Waals surface area contributed by atoms with E-state index in [1.165, 1.54) is 0 Å². The van der Waals surface area contributed by atoms with Crippen LogP contribution in [0.3, 0.4) is 0 Å². The second-order valence-corrected chi connectivity index (χ2v) is 4.05. The Morgan fingerprint density at radius 2 is 2.44 bits per heavy atom. The average Bonchev–Trinajstić information content (AvgIpc) is 2.76. The van der Waals surface area contributed by atoms with Crippen molar-refractivity contribution >= 4 is 5.96 Å². The molecule has 0 bridgehead atoms. The molecule has 6 heteroatoms. The molecule has 0 unspecified atom stereocenters. The van der Waals surface area contributed by atoms with E-state index in [-0.39, 0.29) is 0 Å². The van der Waals surface area contributed by atoms with Gasteiger partial charge in [0.1, 0.15) is 12.2 Å². The highest BCUT2D eigenvalue weighted by Crippen LogP contribution is 1.96. The van der Waals surface area contributed by atoms with E-state index in [4.69, 9.17) is 0 Å². The third kappa shape index (κ3) is 4.20. The summed E-state index contributed by atoms with van der Waals surface area (Å²) in [5.41, 5.74) is 0. The molecule has 0 saturated carbocycles. The standard InChI is InChI=1S/C12H22N6/c1-5-6-7-8-17(3)12(13-2)14-9-11-15-10-16-18(11)4/h5,10H,1,6-9H2,2-4H3,(H,13,14). The van der Waals surface area contributed by atoms with Crippen molar-refractivity contribution in [3.8, 4) is 0 Å². The zero-order valence-corrected chi connectivity index (χ0v) is 11.4. The van der Waals surface area contributed by atoms with Gasteiger partial charge < -0.3 is 10.2 Å². The number of aliphatic imine (C=N–C) groups is 1. The predicted octanol–water partition coefficient (Wildman–Crippen LogP) is 0.788. The third-order valence-corrected chi connectivity index (χ3v) is 2.68. The number of nitrogens with one attached hydrogen (secondary N) is 1. The van der Waals surface area contributed by atoms with Crippen molar-refractivity contribution in [2.24, 2.45) is 12.0 Å². The molecule has 1 aromatic rings. The molecule has 0 aromatic carbocycles. The Morgan fingerprint density at radius 3 is 3.00 bits per heavy atom. The van der Waals surface area contributed by atoms with Crippen molar-refractivity contribution < 1.29 is 0 Å². The molecule has 0 spiro atoms. The number of guanidine groups is 1. The van der Waals surface area contributed by atoms with Crippen LogP contribution in [0.1, 0.15) is 18.7 Å². The maximum Gasteiger partial charge on any atom is 0.193 e. The smallest absolute Gasteiger partial charge is 0.193 e. The second kappa shape index (κ2) is 7.47. The highest BCUT2D eigenvalue weighted by atomic mass is 15.3. The van der Waals surface area contributed by atoms with Crippen molar-refractivity contribution in [2.45, 2.75) is 19.4 Å². The first kappa shape index (κ1) is 14.2. The van der Waals surface area contributed by atoms with Gasteiger partial charge in [-0.2, -0.15) is 5.10 Å². The van der Waals surface area contributed by atoms with E-state index in [0.717, 1.165) is 31.2 Å². The molecule has 100 valence electrons. The number of aryl methyl sites for hydroxylation is 1. The lowest BCUT2D eigenvalue weighted by Gasteiger charge is -2.21. The van der Waals surface area contributed by atoms with E-state index in [2.05, 4.69) is 31.9 Å². The molecule has 0 aliphatic carbocycles. The van der Waals surface area contributed by atoms with E-state index >= 15 is 0 Å². The maximum atomic E-state index is 4.24. The molecular weight excluding hydrogens is 228 g/mol. The number of unbranched alkanes of at least 4 members (excludes halogenated alkanes) is 1. The minimum atomic E-state index is 0.620. The van der Waals surface area contributed by atoms with Gasteiger partial charge in [-0.25, -0.2) is 4.98 Å². The Hall–Kier alpha value is -1.85. The van der Waals surface area contributed by atoms with Crippen LogP contribution in [-0.4, -0.2) is 46.3 Å². The number of allylic oxidation sites excluding steroid dienone is 1. The summed E-state index contributed by atoms with van der Waals surface area (Å²) in [5, 5.41) is 7.29. The van der Waals surface area contributed by atoms with Gasteiger partial charge in [0, 0.05) is 27.7 Å². The average molecular weight is 250 g/mol. The SMILES string of the molecule is C=CCCCN(C)C(=NC)NCc1ncnn1C. The van der Waals surface area contributed by atoms with Crippen molar-refractivity contribution in [1.29, 1.82) is 0 Å². The van der Waals surface area contributed by atoms with Gasteiger partial charge in [0.2, 0.25) is 0 Å². The lowest BCUT2D eigenvalue weighted by Crippen LogP contribution is -2.39. The summed E-state index contributed by atoms with van der Waals surface area (Å²) in [4.78, 5) is 10.5. The predicted molar refractivity (Wildman–Crippen MR) is 73.3 cm³/mol. The fraction of sp³-hybridized carbons (Fsp3) is 0.583. The normalized spacial score (nSPS) is 11.4. The number of rotatable bonds is 6. The summed E-state index contributed by atoms with van der Waals surface area (Å²) in [6.45, 7) is 5.29. The molecule has 18 heavy (non-hydrogen) atoms. The molecule has 0 saturated heterocycles. The zero-order chi connectivity index (χ0) is 13.4. The van der Waals surface area contributed by atoms with Crippen molar-refractivity contribution in [1.82, 2.24) is 25.0 Å². The highest BCUT2D eigenvalue weighted by Gasteiger charge is 2.06. The molecule has 1 aromatic heterocycles. The van der Waals surface area contributed by atoms with E-state index in [1.54, 1.807) is 18.1 Å². The largest absolute Gasteiger partial charge is 0.349 e. The molecule has 0 radical (unpaired) electrons. The van der Waals surface area contributed by atoms with Crippen LogP contribution >= 0.6 is 0 Å². The van der Waals surface area contributed by atoms with Crippen molar-refractivity contribution in [3.63, 3.8) is 0 Å². The Labute approximate surface area is 108 Å². The van der Waals surface area contributed by atoms with Gasteiger partial charge in [-0.1, -0.05) is 6.08 Å². The molecule has 0 fully saturated rings. The minimum absolute atomic E-state index is 0.620. The van der Waals surface area contributed by atoms with Gasteiger partial charge in [-0.3, -0.25) is 9.67 Å². The number of hydrogen-bond donors (Lipinski definition) is 1. The Bertz CT molecular complexity index is 395. The van der Waals surface area contributed by atoms with Crippen LogP contribution in [0.5, 0.6) is 0 Å². The summed E-state index contributed by atoms with van der Waals surface area (Å²) >= 11 is 0. The Kier molecular flexibility index (Phi) is 5.90. The first-order valence-electron chi connectivity index (χ1n) is 6.04. The molecule has 0 amide bonds. The quantitative estimate of drug-likeness (QED) is 0.351. The first-order chi connectivity index (χ1) is 8.69. The topological polar surface area (TPSA) is 58.3 Å². The summed E-state index contributed by atoms with van der Waals surface area (Å²) in [5.74, 6) is 1.75. The van der Waals surface area contributed by atoms with Crippen LogP contribution in [-0.2, 0) is 13.6 Å². The molecule has 0 aliphatic heterocycles. The van der Waals surface area contributed by atoms with E-state index in [0.29, 0.717) is 6.54 Å². The molecule has 0 atom stereocenters. The first-order valence-corrected chi connectivity index (χ1v) is 6.04.